The number of primary amides is 2. The molecule has 8 nitrogen and oxygen atoms in total. The van der Waals surface area contributed by atoms with Gasteiger partial charge in [-0.1, -0.05) is 0 Å². The van der Waals surface area contributed by atoms with Crippen molar-refractivity contribution in [1.82, 2.24) is 0 Å². The van der Waals surface area contributed by atoms with Crippen LogP contribution in [-0.4, -0.2) is 22.4 Å². The van der Waals surface area contributed by atoms with Gasteiger partial charge in [-0.3, -0.25) is 0 Å². The van der Waals surface area contributed by atoms with Crippen molar-refractivity contribution in [2.45, 2.75) is 6.61 Å². The van der Waals surface area contributed by atoms with Gasteiger partial charge in [0.15, 0.2) is 11.5 Å². The smallest absolute Gasteiger partial charge is 0.410 e. The SMILES string of the molecule is NC(=O)Oc1ccc(O)c(CO)c1OC(N)=O. The van der Waals surface area contributed by atoms with E-state index in [0.29, 0.717) is 0 Å². The first-order chi connectivity index (χ1) is 7.95. The van der Waals surface area contributed by atoms with Crippen LogP contribution in [0, 0.1) is 0 Å². The lowest BCUT2D eigenvalue weighted by Crippen LogP contribution is -2.20. The first-order valence-corrected chi connectivity index (χ1v) is 4.36. The number of benzene rings is 1. The molecule has 0 unspecified atom stereocenters. The molecule has 0 spiro atoms. The number of aromatic hydroxyl groups is 1. The molecule has 0 aromatic heterocycles. The van der Waals surface area contributed by atoms with Crippen LogP contribution in [0.5, 0.6) is 17.2 Å². The Morgan fingerprint density at radius 2 is 1.76 bits per heavy atom. The zero-order valence-electron chi connectivity index (χ0n) is 8.54. The van der Waals surface area contributed by atoms with E-state index in [1.165, 1.54) is 0 Å². The summed E-state index contributed by atoms with van der Waals surface area (Å²) < 4.78 is 9.06. The minimum atomic E-state index is -1.19. The third-order valence-electron chi connectivity index (χ3n) is 1.77. The summed E-state index contributed by atoms with van der Waals surface area (Å²) in [6.07, 6.45) is -2.34. The molecular weight excluding hydrogens is 232 g/mol. The third kappa shape index (κ3) is 2.98. The van der Waals surface area contributed by atoms with Crippen LogP contribution in [-0.2, 0) is 6.61 Å². The summed E-state index contributed by atoms with van der Waals surface area (Å²) in [7, 11) is 0. The summed E-state index contributed by atoms with van der Waals surface area (Å²) in [6, 6.07) is 2.27. The summed E-state index contributed by atoms with van der Waals surface area (Å²) in [5.74, 6) is -0.947. The number of rotatable bonds is 3. The average Bonchev–Trinajstić information content (AvgIpc) is 2.21. The van der Waals surface area contributed by atoms with E-state index < -0.39 is 18.8 Å². The van der Waals surface area contributed by atoms with Gasteiger partial charge in [-0.15, -0.1) is 0 Å². The molecule has 0 aliphatic rings. The molecule has 1 aromatic rings. The second-order valence-corrected chi connectivity index (χ2v) is 2.89. The van der Waals surface area contributed by atoms with Crippen molar-refractivity contribution in [3.8, 4) is 17.2 Å². The molecule has 0 saturated carbocycles. The molecule has 0 aliphatic heterocycles. The molecular formula is C9H10N2O6. The van der Waals surface area contributed by atoms with Crippen LogP contribution in [0.2, 0.25) is 0 Å². The van der Waals surface area contributed by atoms with Gasteiger partial charge in [-0.2, -0.15) is 0 Å². The molecule has 0 saturated heterocycles. The van der Waals surface area contributed by atoms with Crippen molar-refractivity contribution >= 4 is 12.2 Å². The number of ether oxygens (including phenoxy) is 2. The van der Waals surface area contributed by atoms with E-state index in [9.17, 15) is 14.7 Å². The quantitative estimate of drug-likeness (QED) is 0.577. The maximum absolute atomic E-state index is 10.7. The minimum absolute atomic E-state index is 0.150. The lowest BCUT2D eigenvalue weighted by Gasteiger charge is -2.12. The molecule has 0 bridgehead atoms. The molecule has 17 heavy (non-hydrogen) atoms. The molecule has 1 rings (SSSR count). The molecule has 8 heteroatoms. The summed E-state index contributed by atoms with van der Waals surface area (Å²) >= 11 is 0. The second kappa shape index (κ2) is 5.03. The normalized spacial score (nSPS) is 9.71. The van der Waals surface area contributed by atoms with Gasteiger partial charge in [0.2, 0.25) is 0 Å². The van der Waals surface area contributed by atoms with Gasteiger partial charge in [-0.25, -0.2) is 9.59 Å². The predicted molar refractivity (Wildman–Crippen MR) is 54.5 cm³/mol. The Bertz CT molecular complexity index is 459. The van der Waals surface area contributed by atoms with E-state index in [-0.39, 0.29) is 22.8 Å². The monoisotopic (exact) mass is 242 g/mol. The highest BCUT2D eigenvalue weighted by Crippen LogP contribution is 2.37. The second-order valence-electron chi connectivity index (χ2n) is 2.89. The Balaban J connectivity index is 3.28. The van der Waals surface area contributed by atoms with Crippen molar-refractivity contribution in [2.24, 2.45) is 11.5 Å². The Morgan fingerprint density at radius 3 is 2.24 bits per heavy atom. The Hall–Kier alpha value is -2.48. The highest BCUT2D eigenvalue weighted by molar-refractivity contribution is 5.74. The molecule has 0 radical (unpaired) electrons. The van der Waals surface area contributed by atoms with Crippen LogP contribution in [0.25, 0.3) is 0 Å². The topological polar surface area (TPSA) is 145 Å². The van der Waals surface area contributed by atoms with Gasteiger partial charge in [-0.05, 0) is 12.1 Å². The largest absolute Gasteiger partial charge is 0.507 e. The van der Waals surface area contributed by atoms with Gasteiger partial charge in [0, 0.05) is 0 Å². The number of phenols is 1. The van der Waals surface area contributed by atoms with Crippen LogP contribution in [0.1, 0.15) is 5.56 Å². The number of amides is 2. The van der Waals surface area contributed by atoms with Gasteiger partial charge in [0.25, 0.3) is 0 Å². The maximum Gasteiger partial charge on any atom is 0.410 e. The van der Waals surface area contributed by atoms with Crippen molar-refractivity contribution in [3.63, 3.8) is 0 Å². The zero-order valence-corrected chi connectivity index (χ0v) is 8.54. The Kier molecular flexibility index (Phi) is 3.73. The van der Waals surface area contributed by atoms with Gasteiger partial charge >= 0.3 is 12.2 Å². The van der Waals surface area contributed by atoms with Gasteiger partial charge in [0.1, 0.15) is 5.75 Å². The van der Waals surface area contributed by atoms with Crippen LogP contribution >= 0.6 is 0 Å². The van der Waals surface area contributed by atoms with Crippen LogP contribution in [0.4, 0.5) is 9.59 Å². The maximum atomic E-state index is 10.7. The summed E-state index contributed by atoms with van der Waals surface area (Å²) in [4.78, 5) is 21.2. The number of hydrogen-bond acceptors (Lipinski definition) is 6. The minimum Gasteiger partial charge on any atom is -0.507 e. The molecule has 0 heterocycles. The van der Waals surface area contributed by atoms with E-state index in [2.05, 4.69) is 9.47 Å². The fourth-order valence-electron chi connectivity index (χ4n) is 1.15. The van der Waals surface area contributed by atoms with Crippen molar-refractivity contribution in [1.29, 1.82) is 0 Å². The number of nitrogens with two attached hydrogens (primary N) is 2. The molecule has 2 amide bonds. The van der Waals surface area contributed by atoms with Gasteiger partial charge in [0.05, 0.1) is 12.2 Å². The number of aliphatic hydroxyl groups excluding tert-OH is 1. The van der Waals surface area contributed by atoms with Crippen LogP contribution < -0.4 is 20.9 Å². The fourth-order valence-corrected chi connectivity index (χ4v) is 1.15. The van der Waals surface area contributed by atoms with Crippen LogP contribution in [0.3, 0.4) is 0 Å². The Labute approximate surface area is 95.3 Å². The summed E-state index contributed by atoms with van der Waals surface area (Å²) in [5.41, 5.74) is 9.45. The standard InChI is InChI=1S/C9H10N2O6/c10-8(14)16-6-2-1-5(13)4(3-12)7(6)17-9(11)15/h1-2,12-13H,3H2,(H2,10,14)(H2,11,15). The van der Waals surface area contributed by atoms with Crippen molar-refractivity contribution in [2.75, 3.05) is 0 Å². The summed E-state index contributed by atoms with van der Waals surface area (Å²) in [5, 5.41) is 18.4. The van der Waals surface area contributed by atoms with Gasteiger partial charge < -0.3 is 31.2 Å². The highest BCUT2D eigenvalue weighted by atomic mass is 16.6. The van der Waals surface area contributed by atoms with E-state index in [1.807, 2.05) is 0 Å². The van der Waals surface area contributed by atoms with E-state index in [0.717, 1.165) is 12.1 Å². The van der Waals surface area contributed by atoms with E-state index in [4.69, 9.17) is 16.6 Å². The lowest BCUT2D eigenvalue weighted by atomic mass is 10.1. The molecule has 1 aromatic carbocycles. The van der Waals surface area contributed by atoms with E-state index in [1.54, 1.807) is 0 Å². The molecule has 0 fully saturated rings. The molecule has 0 atom stereocenters. The highest BCUT2D eigenvalue weighted by Gasteiger charge is 2.18. The Morgan fingerprint density at radius 1 is 1.18 bits per heavy atom. The number of aliphatic hydroxyl groups is 1. The zero-order chi connectivity index (χ0) is 13.0. The number of hydrogen-bond donors (Lipinski definition) is 4. The summed E-state index contributed by atoms with van der Waals surface area (Å²) in [6.45, 7) is -0.648. The van der Waals surface area contributed by atoms with Crippen molar-refractivity contribution < 1.29 is 29.3 Å². The number of carbonyl (C=O) groups is 2. The van der Waals surface area contributed by atoms with Crippen molar-refractivity contribution in [3.05, 3.63) is 17.7 Å². The first-order valence-electron chi connectivity index (χ1n) is 4.36. The average molecular weight is 242 g/mol. The molecule has 0 aliphatic carbocycles. The third-order valence-corrected chi connectivity index (χ3v) is 1.77. The van der Waals surface area contributed by atoms with E-state index >= 15 is 0 Å². The first kappa shape index (κ1) is 12.6. The molecule has 6 N–H and O–H groups in total. The molecule has 92 valence electrons. The fraction of sp³-hybridized carbons (Fsp3) is 0.111. The predicted octanol–water partition coefficient (Wildman–Crippen LogP) is -0.201. The van der Waals surface area contributed by atoms with Crippen LogP contribution in [0.15, 0.2) is 12.1 Å². The lowest BCUT2D eigenvalue weighted by molar-refractivity contribution is 0.197. The number of carbonyl (C=O) groups excluding carboxylic acids is 2.